The molecule has 0 spiro atoms. The predicted molar refractivity (Wildman–Crippen MR) is 31.1 cm³/mol. The maximum absolute atomic E-state index is 10.7. The zero-order valence-corrected chi connectivity index (χ0v) is 6.00. The van der Waals surface area contributed by atoms with Crippen LogP contribution in [0.4, 0.5) is 0 Å². The maximum Gasteiger partial charge on any atom is 0.226 e. The fraction of sp³-hybridized carbons (Fsp3) is 0.500. The van der Waals surface area contributed by atoms with Gasteiger partial charge >= 0.3 is 0 Å². The second-order valence-corrected chi connectivity index (χ2v) is 1.87. The van der Waals surface area contributed by atoms with Gasteiger partial charge in [-0.2, -0.15) is 0 Å². The zero-order chi connectivity index (χ0) is 5.98. The molecular formula is C6H9CuNO. The van der Waals surface area contributed by atoms with E-state index in [9.17, 15) is 4.79 Å². The van der Waals surface area contributed by atoms with Gasteiger partial charge in [0.25, 0.3) is 0 Å². The second kappa shape index (κ2) is 3.70. The Labute approximate surface area is 65.4 Å². The summed E-state index contributed by atoms with van der Waals surface area (Å²) in [5, 5.41) is 0. The minimum atomic E-state index is 0. The molecule has 0 aliphatic carbocycles. The van der Waals surface area contributed by atoms with Gasteiger partial charge < -0.3 is 4.90 Å². The largest absolute Gasteiger partial charge is 0.320 e. The molecule has 0 unspecified atom stereocenters. The summed E-state index contributed by atoms with van der Waals surface area (Å²) >= 11 is 0. The Morgan fingerprint density at radius 3 is 2.56 bits per heavy atom. The molecule has 0 atom stereocenters. The fourth-order valence-electron chi connectivity index (χ4n) is 0.862. The van der Waals surface area contributed by atoms with Gasteiger partial charge in [-0.25, -0.2) is 0 Å². The predicted octanol–water partition coefficient (Wildman–Crippen LogP) is 0.750. The van der Waals surface area contributed by atoms with E-state index in [0.717, 1.165) is 13.0 Å². The Bertz CT molecular complexity index is 124. The van der Waals surface area contributed by atoms with Crippen LogP contribution in [0.5, 0.6) is 0 Å². The van der Waals surface area contributed by atoms with Crippen molar-refractivity contribution in [1.82, 2.24) is 4.90 Å². The molecule has 55 valence electrons. The summed E-state index contributed by atoms with van der Waals surface area (Å²) in [5.74, 6) is 0.208. The van der Waals surface area contributed by atoms with Gasteiger partial charge in [-0.3, -0.25) is 4.79 Å². The molecule has 0 aromatic heterocycles. The van der Waals surface area contributed by atoms with E-state index in [1.165, 1.54) is 0 Å². The Morgan fingerprint density at radius 2 is 2.33 bits per heavy atom. The Hall–Kier alpha value is -0.271. The van der Waals surface area contributed by atoms with Gasteiger partial charge in [0.1, 0.15) is 0 Å². The maximum atomic E-state index is 10.7. The molecule has 0 saturated carbocycles. The van der Waals surface area contributed by atoms with Crippen molar-refractivity contribution >= 4 is 5.91 Å². The van der Waals surface area contributed by atoms with E-state index in [-0.39, 0.29) is 23.0 Å². The van der Waals surface area contributed by atoms with Crippen LogP contribution in [0, 0.1) is 0 Å². The quantitative estimate of drug-likeness (QED) is 0.538. The van der Waals surface area contributed by atoms with Crippen LogP contribution in [0.2, 0.25) is 0 Å². The van der Waals surface area contributed by atoms with E-state index in [1.54, 1.807) is 11.1 Å². The molecule has 0 N–H and O–H groups in total. The van der Waals surface area contributed by atoms with E-state index in [4.69, 9.17) is 0 Å². The average molecular weight is 175 g/mol. The standard InChI is InChI=1S/C6H9NO.Cu/c1-2-7-5-3-4-6(7)8;/h2H,1,3-5H2;. The first-order valence-corrected chi connectivity index (χ1v) is 2.76. The summed E-state index contributed by atoms with van der Waals surface area (Å²) < 4.78 is 0. The van der Waals surface area contributed by atoms with Crippen molar-refractivity contribution in [2.75, 3.05) is 6.54 Å². The topological polar surface area (TPSA) is 20.3 Å². The number of rotatable bonds is 1. The van der Waals surface area contributed by atoms with Crippen LogP contribution >= 0.6 is 0 Å². The summed E-state index contributed by atoms with van der Waals surface area (Å²) in [4.78, 5) is 12.3. The van der Waals surface area contributed by atoms with Crippen molar-refractivity contribution in [3.8, 4) is 0 Å². The Morgan fingerprint density at radius 1 is 1.67 bits per heavy atom. The SMILES string of the molecule is C=CN1CCCC1=O.[Cu]. The number of hydrogen-bond donors (Lipinski definition) is 0. The molecule has 0 aromatic rings. The molecule has 0 bridgehead atoms. The molecule has 1 aliphatic rings. The third kappa shape index (κ3) is 1.84. The minimum Gasteiger partial charge on any atom is -0.320 e. The van der Waals surface area contributed by atoms with E-state index < -0.39 is 0 Å². The monoisotopic (exact) mass is 174 g/mol. The van der Waals surface area contributed by atoms with Crippen LogP contribution in [0.1, 0.15) is 12.8 Å². The minimum absolute atomic E-state index is 0. The van der Waals surface area contributed by atoms with Crippen molar-refractivity contribution in [2.45, 2.75) is 12.8 Å². The number of likely N-dealkylation sites (tertiary alicyclic amines) is 1. The average Bonchev–Trinajstić information content (AvgIpc) is 2.14. The summed E-state index contributed by atoms with van der Waals surface area (Å²) in [6, 6.07) is 0. The number of amides is 1. The zero-order valence-electron chi connectivity index (χ0n) is 5.06. The molecule has 3 heteroatoms. The first-order chi connectivity index (χ1) is 3.84. The summed E-state index contributed by atoms with van der Waals surface area (Å²) in [6.07, 6.45) is 3.28. The Balaban J connectivity index is 0.000000640. The van der Waals surface area contributed by atoms with Gasteiger partial charge in [0.15, 0.2) is 0 Å². The normalized spacial score (nSPS) is 17.3. The molecule has 1 fully saturated rings. The molecule has 1 rings (SSSR count). The van der Waals surface area contributed by atoms with Crippen LogP contribution in [0.15, 0.2) is 12.8 Å². The first kappa shape index (κ1) is 8.73. The van der Waals surface area contributed by atoms with Gasteiger partial charge in [-0.1, -0.05) is 6.58 Å². The van der Waals surface area contributed by atoms with E-state index in [0.29, 0.717) is 6.42 Å². The van der Waals surface area contributed by atoms with Crippen molar-refractivity contribution < 1.29 is 21.9 Å². The van der Waals surface area contributed by atoms with Crippen LogP contribution in [-0.4, -0.2) is 17.4 Å². The molecule has 1 amide bonds. The molecule has 0 aromatic carbocycles. The van der Waals surface area contributed by atoms with Gasteiger partial charge in [0.2, 0.25) is 5.91 Å². The molecule has 1 saturated heterocycles. The molecule has 2 nitrogen and oxygen atoms in total. The molecule has 1 aliphatic heterocycles. The first-order valence-electron chi connectivity index (χ1n) is 2.76. The summed E-state index contributed by atoms with van der Waals surface area (Å²) in [7, 11) is 0. The third-order valence-corrected chi connectivity index (χ3v) is 1.33. The molecular weight excluding hydrogens is 166 g/mol. The fourth-order valence-corrected chi connectivity index (χ4v) is 0.862. The van der Waals surface area contributed by atoms with Crippen LogP contribution in [-0.2, 0) is 21.9 Å². The molecule has 1 heterocycles. The number of hydrogen-bond acceptors (Lipinski definition) is 1. The van der Waals surface area contributed by atoms with Gasteiger partial charge in [-0.05, 0) is 12.6 Å². The van der Waals surface area contributed by atoms with E-state index >= 15 is 0 Å². The molecule has 9 heavy (non-hydrogen) atoms. The third-order valence-electron chi connectivity index (χ3n) is 1.33. The summed E-state index contributed by atoms with van der Waals surface area (Å²) in [5.41, 5.74) is 0. The van der Waals surface area contributed by atoms with Crippen LogP contribution in [0.25, 0.3) is 0 Å². The van der Waals surface area contributed by atoms with Crippen LogP contribution < -0.4 is 0 Å². The van der Waals surface area contributed by atoms with Crippen molar-refractivity contribution in [3.63, 3.8) is 0 Å². The van der Waals surface area contributed by atoms with Gasteiger partial charge in [-0.15, -0.1) is 0 Å². The number of nitrogens with zero attached hydrogens (tertiary/aromatic N) is 1. The number of carbonyl (C=O) groups excluding carboxylic acids is 1. The van der Waals surface area contributed by atoms with Gasteiger partial charge in [0.05, 0.1) is 0 Å². The Kier molecular flexibility index (Phi) is 3.59. The van der Waals surface area contributed by atoms with E-state index in [1.807, 2.05) is 0 Å². The summed E-state index contributed by atoms with van der Waals surface area (Å²) in [6.45, 7) is 4.36. The number of carbonyl (C=O) groups is 1. The van der Waals surface area contributed by atoms with Gasteiger partial charge in [0, 0.05) is 30.0 Å². The van der Waals surface area contributed by atoms with Crippen molar-refractivity contribution in [2.24, 2.45) is 0 Å². The second-order valence-electron chi connectivity index (χ2n) is 1.87. The van der Waals surface area contributed by atoms with E-state index in [2.05, 4.69) is 6.58 Å². The molecule has 1 radical (unpaired) electrons. The van der Waals surface area contributed by atoms with Crippen molar-refractivity contribution in [1.29, 1.82) is 0 Å². The van der Waals surface area contributed by atoms with Crippen molar-refractivity contribution in [3.05, 3.63) is 12.8 Å². The van der Waals surface area contributed by atoms with Crippen LogP contribution in [0.3, 0.4) is 0 Å². The smallest absolute Gasteiger partial charge is 0.226 e.